The quantitative estimate of drug-likeness (QED) is 0.915. The second-order valence-electron chi connectivity index (χ2n) is 4.51. The van der Waals surface area contributed by atoms with E-state index < -0.39 is 0 Å². The van der Waals surface area contributed by atoms with Gasteiger partial charge >= 0.3 is 0 Å². The van der Waals surface area contributed by atoms with E-state index in [9.17, 15) is 0 Å². The minimum absolute atomic E-state index is 0.0374. The molecule has 98 valence electrons. The van der Waals surface area contributed by atoms with Gasteiger partial charge in [0.25, 0.3) is 0 Å². The number of rotatable bonds is 3. The second-order valence-corrected chi connectivity index (χ2v) is 4.51. The average Bonchev–Trinajstić information content (AvgIpc) is 2.46. The van der Waals surface area contributed by atoms with E-state index in [2.05, 4.69) is 23.2 Å². The summed E-state index contributed by atoms with van der Waals surface area (Å²) < 4.78 is 11.5. The number of fused-ring (bicyclic) bond motifs is 1. The molecule has 1 atom stereocenters. The van der Waals surface area contributed by atoms with Crippen LogP contribution in [0.2, 0.25) is 0 Å². The van der Waals surface area contributed by atoms with Crippen molar-refractivity contribution in [2.45, 2.75) is 12.5 Å². The van der Waals surface area contributed by atoms with Crippen LogP contribution in [0.5, 0.6) is 5.75 Å². The maximum atomic E-state index is 5.78. The minimum Gasteiger partial charge on any atom is -0.487 e. The van der Waals surface area contributed by atoms with Crippen molar-refractivity contribution in [3.8, 4) is 5.75 Å². The van der Waals surface area contributed by atoms with Crippen molar-refractivity contribution >= 4 is 5.82 Å². The highest BCUT2D eigenvalue weighted by Gasteiger charge is 2.21. The van der Waals surface area contributed by atoms with Crippen molar-refractivity contribution < 1.29 is 9.47 Å². The Bertz CT molecular complexity index is 572. The number of aromatic nitrogens is 1. The second kappa shape index (κ2) is 5.28. The molecule has 2 aromatic rings. The SMILES string of the molecule is Nc1ncccc1OCC1OCCc2ccccc21. The van der Waals surface area contributed by atoms with Gasteiger partial charge in [-0.05, 0) is 29.7 Å². The number of hydrogen-bond donors (Lipinski definition) is 1. The number of hydrogen-bond acceptors (Lipinski definition) is 4. The topological polar surface area (TPSA) is 57.4 Å². The maximum absolute atomic E-state index is 5.78. The first kappa shape index (κ1) is 12.0. The van der Waals surface area contributed by atoms with Gasteiger partial charge in [-0.2, -0.15) is 0 Å². The number of nitrogens with zero attached hydrogens (tertiary/aromatic N) is 1. The molecule has 0 saturated carbocycles. The highest BCUT2D eigenvalue weighted by Crippen LogP contribution is 2.28. The molecule has 1 aromatic heterocycles. The standard InChI is InChI=1S/C15H16N2O2/c16-15-13(6-3-8-17-15)19-10-14-12-5-2-1-4-11(12)7-9-18-14/h1-6,8,14H,7,9-10H2,(H2,16,17). The molecule has 1 aliphatic rings. The molecular formula is C15H16N2O2. The van der Waals surface area contributed by atoms with E-state index in [1.54, 1.807) is 12.3 Å². The lowest BCUT2D eigenvalue weighted by molar-refractivity contribution is 0.0103. The fourth-order valence-electron chi connectivity index (χ4n) is 2.31. The summed E-state index contributed by atoms with van der Waals surface area (Å²) in [5.74, 6) is 1.01. The Kier molecular flexibility index (Phi) is 3.33. The summed E-state index contributed by atoms with van der Waals surface area (Å²) in [7, 11) is 0. The molecule has 0 spiro atoms. The van der Waals surface area contributed by atoms with Crippen LogP contribution in [0.1, 0.15) is 17.2 Å². The number of anilines is 1. The van der Waals surface area contributed by atoms with Gasteiger partial charge in [0.05, 0.1) is 6.61 Å². The van der Waals surface area contributed by atoms with Gasteiger partial charge in [-0.1, -0.05) is 24.3 Å². The number of ether oxygens (including phenoxy) is 2. The van der Waals surface area contributed by atoms with Crippen LogP contribution < -0.4 is 10.5 Å². The van der Waals surface area contributed by atoms with E-state index in [0.29, 0.717) is 18.2 Å². The summed E-state index contributed by atoms with van der Waals surface area (Å²) in [5, 5.41) is 0. The predicted molar refractivity (Wildman–Crippen MR) is 73.0 cm³/mol. The van der Waals surface area contributed by atoms with E-state index in [1.165, 1.54) is 11.1 Å². The van der Waals surface area contributed by atoms with Gasteiger partial charge in [0.1, 0.15) is 12.7 Å². The van der Waals surface area contributed by atoms with Gasteiger partial charge in [-0.3, -0.25) is 0 Å². The molecular weight excluding hydrogens is 240 g/mol. The fraction of sp³-hybridized carbons (Fsp3) is 0.267. The molecule has 3 rings (SSSR count). The Balaban J connectivity index is 1.73. The number of nitrogens with two attached hydrogens (primary N) is 1. The van der Waals surface area contributed by atoms with Crippen LogP contribution in [0, 0.1) is 0 Å². The summed E-state index contributed by atoms with van der Waals surface area (Å²) in [6.07, 6.45) is 2.57. The van der Waals surface area contributed by atoms with Crippen molar-refractivity contribution in [3.63, 3.8) is 0 Å². The van der Waals surface area contributed by atoms with E-state index in [0.717, 1.165) is 13.0 Å². The lowest BCUT2D eigenvalue weighted by atomic mass is 9.98. The van der Waals surface area contributed by atoms with Crippen molar-refractivity contribution in [1.29, 1.82) is 0 Å². The zero-order chi connectivity index (χ0) is 13.1. The lowest BCUT2D eigenvalue weighted by Gasteiger charge is -2.26. The molecule has 0 saturated heterocycles. The van der Waals surface area contributed by atoms with Gasteiger partial charge in [0, 0.05) is 6.20 Å². The first-order chi connectivity index (χ1) is 9.34. The summed E-state index contributed by atoms with van der Waals surface area (Å²) >= 11 is 0. The van der Waals surface area contributed by atoms with Crippen molar-refractivity contribution in [3.05, 3.63) is 53.7 Å². The van der Waals surface area contributed by atoms with E-state index in [4.69, 9.17) is 15.2 Å². The number of nitrogen functional groups attached to an aromatic ring is 1. The average molecular weight is 256 g/mol. The third-order valence-corrected chi connectivity index (χ3v) is 3.28. The van der Waals surface area contributed by atoms with Crippen LogP contribution in [0.25, 0.3) is 0 Å². The van der Waals surface area contributed by atoms with Gasteiger partial charge in [-0.25, -0.2) is 4.98 Å². The number of pyridine rings is 1. The summed E-state index contributed by atoms with van der Waals surface area (Å²) in [4.78, 5) is 4.00. The van der Waals surface area contributed by atoms with Crippen molar-refractivity contribution in [2.75, 3.05) is 18.9 Å². The first-order valence-electron chi connectivity index (χ1n) is 6.37. The van der Waals surface area contributed by atoms with Gasteiger partial charge in [0.15, 0.2) is 11.6 Å². The lowest BCUT2D eigenvalue weighted by Crippen LogP contribution is -2.21. The Labute approximate surface area is 112 Å². The van der Waals surface area contributed by atoms with Crippen LogP contribution >= 0.6 is 0 Å². The van der Waals surface area contributed by atoms with Gasteiger partial charge < -0.3 is 15.2 Å². The van der Waals surface area contributed by atoms with Crippen LogP contribution in [0.3, 0.4) is 0 Å². The smallest absolute Gasteiger partial charge is 0.166 e. The van der Waals surface area contributed by atoms with Gasteiger partial charge in [-0.15, -0.1) is 0 Å². The molecule has 4 nitrogen and oxygen atoms in total. The van der Waals surface area contributed by atoms with Crippen LogP contribution in [-0.4, -0.2) is 18.2 Å². The molecule has 0 amide bonds. The van der Waals surface area contributed by atoms with Crippen molar-refractivity contribution in [2.24, 2.45) is 0 Å². The first-order valence-corrected chi connectivity index (χ1v) is 6.37. The molecule has 4 heteroatoms. The normalized spacial score (nSPS) is 17.8. The highest BCUT2D eigenvalue weighted by atomic mass is 16.5. The molecule has 0 aliphatic carbocycles. The van der Waals surface area contributed by atoms with Crippen LogP contribution in [0.15, 0.2) is 42.6 Å². The Morgan fingerprint density at radius 3 is 3.05 bits per heavy atom. The maximum Gasteiger partial charge on any atom is 0.166 e. The molecule has 0 fully saturated rings. The molecule has 2 heterocycles. The van der Waals surface area contributed by atoms with Crippen LogP contribution in [0.4, 0.5) is 5.82 Å². The van der Waals surface area contributed by atoms with E-state index >= 15 is 0 Å². The zero-order valence-electron chi connectivity index (χ0n) is 10.6. The van der Waals surface area contributed by atoms with E-state index in [-0.39, 0.29) is 6.10 Å². The Morgan fingerprint density at radius 1 is 1.26 bits per heavy atom. The van der Waals surface area contributed by atoms with Gasteiger partial charge in [0.2, 0.25) is 0 Å². The fourth-order valence-corrected chi connectivity index (χ4v) is 2.31. The summed E-state index contributed by atoms with van der Waals surface area (Å²) in [6, 6.07) is 11.9. The summed E-state index contributed by atoms with van der Waals surface area (Å²) in [6.45, 7) is 1.18. The highest BCUT2D eigenvalue weighted by molar-refractivity contribution is 5.44. The minimum atomic E-state index is -0.0374. The third-order valence-electron chi connectivity index (χ3n) is 3.28. The monoisotopic (exact) mass is 256 g/mol. The number of benzene rings is 1. The largest absolute Gasteiger partial charge is 0.487 e. The third kappa shape index (κ3) is 2.53. The molecule has 19 heavy (non-hydrogen) atoms. The van der Waals surface area contributed by atoms with E-state index in [1.807, 2.05) is 12.1 Å². The van der Waals surface area contributed by atoms with Crippen molar-refractivity contribution in [1.82, 2.24) is 4.98 Å². The molecule has 0 radical (unpaired) electrons. The zero-order valence-corrected chi connectivity index (χ0v) is 10.6. The molecule has 1 aliphatic heterocycles. The predicted octanol–water partition coefficient (Wildman–Crippen LogP) is 2.36. The molecule has 1 aromatic carbocycles. The Morgan fingerprint density at radius 2 is 2.16 bits per heavy atom. The Hall–Kier alpha value is -2.07. The molecule has 1 unspecified atom stereocenters. The molecule has 0 bridgehead atoms. The van der Waals surface area contributed by atoms with Crippen LogP contribution in [-0.2, 0) is 11.2 Å². The summed E-state index contributed by atoms with van der Waals surface area (Å²) in [5.41, 5.74) is 8.29. The molecule has 2 N–H and O–H groups in total.